The highest BCUT2D eigenvalue weighted by Gasteiger charge is 2.27. The van der Waals surface area contributed by atoms with Crippen LogP contribution < -0.4 is 9.47 Å². The molecular weight excluding hydrogens is 472 g/mol. The molecule has 0 spiro atoms. The molecule has 2 aromatic carbocycles. The van der Waals surface area contributed by atoms with Crippen molar-refractivity contribution in [2.24, 2.45) is 23.7 Å². The van der Waals surface area contributed by atoms with E-state index < -0.39 is 0 Å². The molecular formula is C34H48O4. The van der Waals surface area contributed by atoms with Gasteiger partial charge in [0.15, 0.2) is 11.6 Å². The van der Waals surface area contributed by atoms with E-state index in [2.05, 4.69) is 13.8 Å². The molecule has 2 aromatic rings. The molecule has 4 rings (SSSR count). The van der Waals surface area contributed by atoms with Crippen LogP contribution in [0.25, 0.3) is 0 Å². The van der Waals surface area contributed by atoms with E-state index in [1.165, 1.54) is 51.4 Å². The topological polar surface area (TPSA) is 52.6 Å². The monoisotopic (exact) mass is 520 g/mol. The second-order valence-corrected chi connectivity index (χ2v) is 11.2. The summed E-state index contributed by atoms with van der Waals surface area (Å²) in [5.41, 5.74) is 1.67. The molecule has 38 heavy (non-hydrogen) atoms. The molecule has 2 fully saturated rings. The van der Waals surface area contributed by atoms with Gasteiger partial charge < -0.3 is 9.47 Å². The second kappa shape index (κ2) is 15.7. The van der Waals surface area contributed by atoms with Crippen LogP contribution in [-0.2, 0) is 0 Å². The average Bonchev–Trinajstić information content (AvgIpc) is 2.98. The normalized spacial score (nSPS) is 23.1. The van der Waals surface area contributed by atoms with E-state index in [0.717, 1.165) is 60.1 Å². The predicted molar refractivity (Wildman–Crippen MR) is 155 cm³/mol. The maximum absolute atomic E-state index is 12.4. The Morgan fingerprint density at radius 2 is 0.895 bits per heavy atom. The first kappa shape index (κ1) is 29.9. The first-order valence-corrected chi connectivity index (χ1v) is 14.8. The minimum absolute atomic E-state index is 0.238. The summed E-state index contributed by atoms with van der Waals surface area (Å²) >= 11 is 0. The molecule has 0 aromatic heterocycles. The highest BCUT2D eigenvalue weighted by Crippen LogP contribution is 2.34. The van der Waals surface area contributed by atoms with Crippen LogP contribution in [0.2, 0.25) is 0 Å². The fourth-order valence-electron chi connectivity index (χ4n) is 6.23. The molecule has 0 unspecified atom stereocenters. The van der Waals surface area contributed by atoms with E-state index in [4.69, 9.17) is 9.47 Å². The highest BCUT2D eigenvalue weighted by atomic mass is 16.5. The molecule has 0 heterocycles. The van der Waals surface area contributed by atoms with E-state index in [0.29, 0.717) is 11.6 Å². The zero-order valence-electron chi connectivity index (χ0n) is 24.0. The van der Waals surface area contributed by atoms with Gasteiger partial charge in [-0.1, -0.05) is 39.5 Å². The van der Waals surface area contributed by atoms with Crippen molar-refractivity contribution in [1.82, 2.24) is 0 Å². The summed E-state index contributed by atoms with van der Waals surface area (Å²) in [6, 6.07) is 15.0. The lowest BCUT2D eigenvalue weighted by molar-refractivity contribution is 0.0862. The number of carbonyl (C=O) groups excluding carboxylic acids is 2. The van der Waals surface area contributed by atoms with Crippen LogP contribution in [0.3, 0.4) is 0 Å². The SMILES string of the molecule is CCCC1CCC(C(=O)c2ccc(OC)cc2)CC1.CCCC1CCC(C(=O)c2ccc(OC)cc2)CC1. The van der Waals surface area contributed by atoms with Gasteiger partial charge in [0.25, 0.3) is 0 Å². The number of benzene rings is 2. The number of hydrogen-bond donors (Lipinski definition) is 0. The lowest BCUT2D eigenvalue weighted by Gasteiger charge is -2.27. The van der Waals surface area contributed by atoms with Gasteiger partial charge >= 0.3 is 0 Å². The number of ether oxygens (including phenoxy) is 2. The van der Waals surface area contributed by atoms with Crippen LogP contribution in [0.1, 0.15) is 112 Å². The molecule has 0 radical (unpaired) electrons. The van der Waals surface area contributed by atoms with Gasteiger partial charge in [-0.15, -0.1) is 0 Å². The minimum Gasteiger partial charge on any atom is -0.497 e. The Morgan fingerprint density at radius 3 is 1.16 bits per heavy atom. The fourth-order valence-corrected chi connectivity index (χ4v) is 6.23. The van der Waals surface area contributed by atoms with E-state index in [1.54, 1.807) is 14.2 Å². The molecule has 0 saturated heterocycles. The van der Waals surface area contributed by atoms with Gasteiger partial charge in [-0.2, -0.15) is 0 Å². The summed E-state index contributed by atoms with van der Waals surface area (Å²) in [6.45, 7) is 4.49. The van der Waals surface area contributed by atoms with E-state index in [-0.39, 0.29) is 11.8 Å². The van der Waals surface area contributed by atoms with Crippen molar-refractivity contribution in [3.05, 3.63) is 59.7 Å². The largest absolute Gasteiger partial charge is 0.497 e. The standard InChI is InChI=1S/2C17H24O2/c2*1-3-4-13-5-7-14(8-6-13)17(18)15-9-11-16(19-2)12-10-15/h2*9-14H,3-8H2,1-2H3. The van der Waals surface area contributed by atoms with Crippen molar-refractivity contribution >= 4 is 11.6 Å². The van der Waals surface area contributed by atoms with Crippen LogP contribution in [0.4, 0.5) is 0 Å². The number of ketones is 2. The molecule has 2 saturated carbocycles. The van der Waals surface area contributed by atoms with E-state index in [1.807, 2.05) is 48.5 Å². The molecule has 0 atom stereocenters. The second-order valence-electron chi connectivity index (χ2n) is 11.2. The van der Waals surface area contributed by atoms with Gasteiger partial charge in [0.05, 0.1) is 14.2 Å². The molecule has 4 heteroatoms. The van der Waals surface area contributed by atoms with Gasteiger partial charge in [-0.05, 0) is 112 Å². The zero-order chi connectivity index (χ0) is 27.3. The van der Waals surface area contributed by atoms with Crippen molar-refractivity contribution in [2.75, 3.05) is 14.2 Å². The minimum atomic E-state index is 0.238. The Hall–Kier alpha value is -2.62. The fraction of sp³-hybridized carbons (Fsp3) is 0.588. The van der Waals surface area contributed by atoms with Crippen LogP contribution in [0, 0.1) is 23.7 Å². The Kier molecular flexibility index (Phi) is 12.4. The van der Waals surface area contributed by atoms with Crippen molar-refractivity contribution < 1.29 is 19.1 Å². The summed E-state index contributed by atoms with van der Waals surface area (Å²) in [7, 11) is 3.29. The summed E-state index contributed by atoms with van der Waals surface area (Å²) in [5, 5.41) is 0. The first-order chi connectivity index (χ1) is 18.5. The van der Waals surface area contributed by atoms with Crippen molar-refractivity contribution in [1.29, 1.82) is 0 Å². The van der Waals surface area contributed by atoms with Gasteiger partial charge in [0, 0.05) is 23.0 Å². The lowest BCUT2D eigenvalue weighted by atomic mass is 9.77. The quantitative estimate of drug-likeness (QED) is 0.293. The Balaban J connectivity index is 0.000000211. The molecule has 0 aliphatic heterocycles. The van der Waals surface area contributed by atoms with Crippen molar-refractivity contribution in [3.8, 4) is 11.5 Å². The third-order valence-electron chi connectivity index (χ3n) is 8.58. The van der Waals surface area contributed by atoms with E-state index >= 15 is 0 Å². The number of Topliss-reactive ketones (excluding diaryl/α,β-unsaturated/α-hetero) is 2. The van der Waals surface area contributed by atoms with Crippen molar-refractivity contribution in [3.63, 3.8) is 0 Å². The highest BCUT2D eigenvalue weighted by molar-refractivity contribution is 5.98. The third-order valence-corrected chi connectivity index (χ3v) is 8.58. The summed E-state index contributed by atoms with van der Waals surface area (Å²) < 4.78 is 10.2. The molecule has 2 aliphatic rings. The van der Waals surface area contributed by atoms with Crippen LogP contribution in [-0.4, -0.2) is 25.8 Å². The number of hydrogen-bond acceptors (Lipinski definition) is 4. The van der Waals surface area contributed by atoms with E-state index in [9.17, 15) is 9.59 Å². The Labute approximate surface area is 230 Å². The number of carbonyl (C=O) groups is 2. The third kappa shape index (κ3) is 8.71. The van der Waals surface area contributed by atoms with Gasteiger partial charge in [-0.3, -0.25) is 9.59 Å². The summed E-state index contributed by atoms with van der Waals surface area (Å²) in [5.74, 6) is 4.43. The maximum Gasteiger partial charge on any atom is 0.165 e. The molecule has 0 bridgehead atoms. The molecule has 0 N–H and O–H groups in total. The summed E-state index contributed by atoms with van der Waals surface area (Å²) in [6.07, 6.45) is 14.3. The molecule has 2 aliphatic carbocycles. The maximum atomic E-state index is 12.4. The lowest BCUT2D eigenvalue weighted by Crippen LogP contribution is -2.22. The average molecular weight is 521 g/mol. The van der Waals surface area contributed by atoms with Crippen LogP contribution >= 0.6 is 0 Å². The zero-order valence-corrected chi connectivity index (χ0v) is 24.0. The molecule has 208 valence electrons. The number of methoxy groups -OCH3 is 2. The van der Waals surface area contributed by atoms with Gasteiger partial charge in [0.2, 0.25) is 0 Å². The van der Waals surface area contributed by atoms with Crippen LogP contribution in [0.5, 0.6) is 11.5 Å². The molecule has 0 amide bonds. The first-order valence-electron chi connectivity index (χ1n) is 14.8. The van der Waals surface area contributed by atoms with Crippen LogP contribution in [0.15, 0.2) is 48.5 Å². The predicted octanol–water partition coefficient (Wildman–Crippen LogP) is 8.97. The number of rotatable bonds is 10. The smallest absolute Gasteiger partial charge is 0.165 e. The summed E-state index contributed by atoms with van der Waals surface area (Å²) in [4.78, 5) is 24.8. The Morgan fingerprint density at radius 1 is 0.579 bits per heavy atom. The van der Waals surface area contributed by atoms with Gasteiger partial charge in [-0.25, -0.2) is 0 Å². The van der Waals surface area contributed by atoms with Gasteiger partial charge in [0.1, 0.15) is 11.5 Å². The Bertz CT molecular complexity index is 881. The molecule has 4 nitrogen and oxygen atoms in total. The van der Waals surface area contributed by atoms with Crippen molar-refractivity contribution in [2.45, 2.75) is 90.9 Å².